The normalized spacial score (nSPS) is 10.1. The molecule has 1 N–H and O–H groups in total. The van der Waals surface area contributed by atoms with Crippen molar-refractivity contribution < 1.29 is 14.3 Å². The van der Waals surface area contributed by atoms with Crippen molar-refractivity contribution in [2.75, 3.05) is 19.5 Å². The lowest BCUT2D eigenvalue weighted by atomic mass is 10.2. The summed E-state index contributed by atoms with van der Waals surface area (Å²) < 4.78 is 11.1. The quantitative estimate of drug-likeness (QED) is 0.869. The van der Waals surface area contributed by atoms with Crippen molar-refractivity contribution in [1.82, 2.24) is 0 Å². The molecule has 0 radical (unpaired) electrons. The van der Waals surface area contributed by atoms with Crippen molar-refractivity contribution in [2.24, 2.45) is 0 Å². The zero-order valence-electron chi connectivity index (χ0n) is 11.4. The van der Waals surface area contributed by atoms with E-state index in [1.165, 1.54) is 14.2 Å². The summed E-state index contributed by atoms with van der Waals surface area (Å²) in [7, 11) is 3.05. The van der Waals surface area contributed by atoms with Gasteiger partial charge in [0, 0.05) is 10.2 Å². The Hall–Kier alpha value is -1.72. The first-order valence-electron chi connectivity index (χ1n) is 6.03. The fourth-order valence-corrected chi connectivity index (χ4v) is 2.42. The van der Waals surface area contributed by atoms with Gasteiger partial charge in [0.15, 0.2) is 0 Å². The van der Waals surface area contributed by atoms with Crippen LogP contribution in [0.3, 0.4) is 0 Å². The third-order valence-electron chi connectivity index (χ3n) is 2.82. The Morgan fingerprint density at radius 3 is 2.38 bits per heavy atom. The van der Waals surface area contributed by atoms with Gasteiger partial charge in [-0.05, 0) is 36.4 Å². The van der Waals surface area contributed by atoms with E-state index in [4.69, 9.17) is 21.1 Å². The van der Waals surface area contributed by atoms with E-state index in [1.54, 1.807) is 36.4 Å². The molecule has 0 spiro atoms. The molecule has 0 saturated carbocycles. The minimum absolute atomic E-state index is 0.283. The topological polar surface area (TPSA) is 47.6 Å². The van der Waals surface area contributed by atoms with Crippen LogP contribution in [-0.2, 0) is 0 Å². The van der Waals surface area contributed by atoms with Gasteiger partial charge in [-0.2, -0.15) is 0 Å². The highest BCUT2D eigenvalue weighted by Crippen LogP contribution is 2.28. The summed E-state index contributed by atoms with van der Waals surface area (Å²) >= 11 is 9.37. The number of halogens is 2. The van der Waals surface area contributed by atoms with E-state index in [9.17, 15) is 4.79 Å². The molecule has 0 aromatic heterocycles. The molecule has 0 fully saturated rings. The number of carbonyl (C=O) groups excluding carboxylic acids is 1. The van der Waals surface area contributed by atoms with Crippen molar-refractivity contribution in [3.63, 3.8) is 0 Å². The zero-order valence-corrected chi connectivity index (χ0v) is 13.8. The summed E-state index contributed by atoms with van der Waals surface area (Å²) in [5.74, 6) is 0.763. The molecule has 110 valence electrons. The van der Waals surface area contributed by atoms with E-state index in [2.05, 4.69) is 21.2 Å². The van der Waals surface area contributed by atoms with Gasteiger partial charge in [0.2, 0.25) is 0 Å². The molecule has 0 aliphatic rings. The van der Waals surface area contributed by atoms with Crippen LogP contribution in [0.4, 0.5) is 5.69 Å². The predicted octanol–water partition coefficient (Wildman–Crippen LogP) is 4.37. The van der Waals surface area contributed by atoms with Gasteiger partial charge in [0.25, 0.3) is 5.91 Å². The Bertz CT molecular complexity index is 676. The SMILES string of the molecule is COc1ccc(NC(=O)c2cc(Br)ccc2OC)cc1Cl. The second-order valence-electron chi connectivity index (χ2n) is 4.15. The molecule has 0 saturated heterocycles. The fraction of sp³-hybridized carbons (Fsp3) is 0.133. The van der Waals surface area contributed by atoms with Crippen LogP contribution in [0.25, 0.3) is 0 Å². The summed E-state index contributed by atoms with van der Waals surface area (Å²) in [5, 5.41) is 3.20. The second kappa shape index (κ2) is 6.83. The fourth-order valence-electron chi connectivity index (χ4n) is 1.80. The molecular formula is C15H13BrClNO3. The number of benzene rings is 2. The summed E-state index contributed by atoms with van der Waals surface area (Å²) in [6, 6.07) is 10.3. The summed E-state index contributed by atoms with van der Waals surface area (Å²) in [4.78, 5) is 12.3. The molecule has 1 amide bonds. The number of ether oxygens (including phenoxy) is 2. The molecule has 6 heteroatoms. The van der Waals surface area contributed by atoms with Crippen LogP contribution in [-0.4, -0.2) is 20.1 Å². The smallest absolute Gasteiger partial charge is 0.259 e. The van der Waals surface area contributed by atoms with Crippen molar-refractivity contribution in [3.05, 3.63) is 51.5 Å². The van der Waals surface area contributed by atoms with E-state index >= 15 is 0 Å². The largest absolute Gasteiger partial charge is 0.496 e. The second-order valence-corrected chi connectivity index (χ2v) is 5.47. The first kappa shape index (κ1) is 15.7. The van der Waals surface area contributed by atoms with Crippen molar-refractivity contribution in [1.29, 1.82) is 0 Å². The zero-order chi connectivity index (χ0) is 15.4. The maximum absolute atomic E-state index is 12.3. The molecule has 0 aliphatic carbocycles. The van der Waals surface area contributed by atoms with Crippen molar-refractivity contribution in [3.8, 4) is 11.5 Å². The first-order chi connectivity index (χ1) is 10.0. The standard InChI is InChI=1S/C15H13BrClNO3/c1-20-13-5-3-9(16)7-11(13)15(19)18-10-4-6-14(21-2)12(17)8-10/h3-8H,1-2H3,(H,18,19). The van der Waals surface area contributed by atoms with Crippen LogP contribution in [0.1, 0.15) is 10.4 Å². The molecule has 0 unspecified atom stereocenters. The molecular weight excluding hydrogens is 358 g/mol. The van der Waals surface area contributed by atoms with Gasteiger partial charge in [-0.1, -0.05) is 27.5 Å². The number of hydrogen-bond donors (Lipinski definition) is 1. The molecule has 0 heterocycles. The average Bonchev–Trinajstić information content (AvgIpc) is 2.47. The highest BCUT2D eigenvalue weighted by molar-refractivity contribution is 9.10. The molecule has 2 aromatic carbocycles. The minimum Gasteiger partial charge on any atom is -0.496 e. The van der Waals surface area contributed by atoms with Gasteiger partial charge < -0.3 is 14.8 Å². The van der Waals surface area contributed by atoms with E-state index in [-0.39, 0.29) is 5.91 Å². The lowest BCUT2D eigenvalue weighted by Crippen LogP contribution is -2.13. The van der Waals surface area contributed by atoms with Gasteiger partial charge in [-0.15, -0.1) is 0 Å². The Labute approximate surface area is 136 Å². The number of nitrogens with one attached hydrogen (secondary N) is 1. The lowest BCUT2D eigenvalue weighted by Gasteiger charge is -2.11. The maximum Gasteiger partial charge on any atom is 0.259 e. The van der Waals surface area contributed by atoms with E-state index in [0.717, 1.165) is 4.47 Å². The van der Waals surface area contributed by atoms with Crippen LogP contribution < -0.4 is 14.8 Å². The Kier molecular flexibility index (Phi) is 5.09. The number of carbonyl (C=O) groups is 1. The van der Waals surface area contributed by atoms with E-state index < -0.39 is 0 Å². The van der Waals surface area contributed by atoms with Crippen LogP contribution in [0, 0.1) is 0 Å². The van der Waals surface area contributed by atoms with Crippen LogP contribution in [0.15, 0.2) is 40.9 Å². The molecule has 2 aromatic rings. The third kappa shape index (κ3) is 3.68. The maximum atomic E-state index is 12.3. The Balaban J connectivity index is 2.26. The number of anilines is 1. The van der Waals surface area contributed by atoms with Crippen LogP contribution in [0.5, 0.6) is 11.5 Å². The van der Waals surface area contributed by atoms with Gasteiger partial charge in [0.1, 0.15) is 11.5 Å². The first-order valence-corrected chi connectivity index (χ1v) is 7.20. The lowest BCUT2D eigenvalue weighted by molar-refractivity contribution is 0.102. The van der Waals surface area contributed by atoms with Crippen molar-refractivity contribution >= 4 is 39.1 Å². The molecule has 2 rings (SSSR count). The highest BCUT2D eigenvalue weighted by atomic mass is 79.9. The minimum atomic E-state index is -0.283. The molecule has 4 nitrogen and oxygen atoms in total. The Morgan fingerprint density at radius 2 is 1.76 bits per heavy atom. The predicted molar refractivity (Wildman–Crippen MR) is 86.7 cm³/mol. The van der Waals surface area contributed by atoms with Gasteiger partial charge in [-0.3, -0.25) is 4.79 Å². The van der Waals surface area contributed by atoms with Gasteiger partial charge >= 0.3 is 0 Å². The number of methoxy groups -OCH3 is 2. The molecule has 21 heavy (non-hydrogen) atoms. The van der Waals surface area contributed by atoms with Crippen molar-refractivity contribution in [2.45, 2.75) is 0 Å². The number of amides is 1. The van der Waals surface area contributed by atoms with Gasteiger partial charge in [-0.25, -0.2) is 0 Å². The molecule has 0 aliphatic heterocycles. The summed E-state index contributed by atoms with van der Waals surface area (Å²) in [6.07, 6.45) is 0. The van der Waals surface area contributed by atoms with E-state index in [1.807, 2.05) is 0 Å². The summed E-state index contributed by atoms with van der Waals surface area (Å²) in [6.45, 7) is 0. The average molecular weight is 371 g/mol. The molecule has 0 bridgehead atoms. The highest BCUT2D eigenvalue weighted by Gasteiger charge is 2.13. The van der Waals surface area contributed by atoms with E-state index in [0.29, 0.717) is 27.8 Å². The van der Waals surface area contributed by atoms with Crippen LogP contribution >= 0.6 is 27.5 Å². The number of hydrogen-bond acceptors (Lipinski definition) is 3. The third-order valence-corrected chi connectivity index (χ3v) is 3.60. The summed E-state index contributed by atoms with van der Waals surface area (Å²) in [5.41, 5.74) is 1.01. The monoisotopic (exact) mass is 369 g/mol. The number of rotatable bonds is 4. The Morgan fingerprint density at radius 1 is 1.10 bits per heavy atom. The van der Waals surface area contributed by atoms with Gasteiger partial charge in [0.05, 0.1) is 24.8 Å². The van der Waals surface area contributed by atoms with Crippen LogP contribution in [0.2, 0.25) is 5.02 Å². The molecule has 0 atom stereocenters.